The maximum atomic E-state index is 9.92. The van der Waals surface area contributed by atoms with Gasteiger partial charge in [0.15, 0.2) is 16.6 Å². The third-order valence-electron chi connectivity index (χ3n) is 11.8. The molecule has 0 amide bonds. The second-order valence-corrected chi connectivity index (χ2v) is 26.1. The van der Waals surface area contributed by atoms with Crippen LogP contribution in [0, 0.1) is 23.2 Å². The van der Waals surface area contributed by atoms with Crippen molar-refractivity contribution in [3.8, 4) is 0 Å². The van der Waals surface area contributed by atoms with Gasteiger partial charge >= 0.3 is 0 Å². The van der Waals surface area contributed by atoms with Crippen LogP contribution in [-0.2, 0) is 8.85 Å². The molecule has 3 aliphatic rings. The Labute approximate surface area is 244 Å². The number of fused-ring (bicyclic) bond motifs is 1. The van der Waals surface area contributed by atoms with E-state index in [1.807, 2.05) is 0 Å². The van der Waals surface area contributed by atoms with Gasteiger partial charge in [-0.25, -0.2) is 0 Å². The van der Waals surface area contributed by atoms with E-state index in [1.165, 1.54) is 37.7 Å². The predicted molar refractivity (Wildman–Crippen MR) is 173 cm³/mol. The molecular weight excluding hydrogens is 513 g/mol. The summed E-state index contributed by atoms with van der Waals surface area (Å²) in [6.07, 6.45) is 13.1. The fraction of sp³-hybridized carbons (Fsp3) is 0.824. The Balaban J connectivity index is 1.92. The van der Waals surface area contributed by atoms with Gasteiger partial charge in [-0.15, -0.1) is 0 Å². The van der Waals surface area contributed by atoms with E-state index in [2.05, 4.69) is 100 Å². The smallest absolute Gasteiger partial charge is 0.192 e. The summed E-state index contributed by atoms with van der Waals surface area (Å²) < 4.78 is 14.1. The minimum Gasteiger partial charge on any atom is -0.410 e. The molecule has 0 radical (unpaired) electrons. The van der Waals surface area contributed by atoms with Gasteiger partial charge < -0.3 is 14.0 Å². The van der Waals surface area contributed by atoms with Crippen LogP contribution >= 0.6 is 0 Å². The minimum atomic E-state index is -1.96. The first kappa shape index (κ1) is 33.0. The van der Waals surface area contributed by atoms with E-state index in [0.717, 1.165) is 18.4 Å². The summed E-state index contributed by atoms with van der Waals surface area (Å²) in [7, 11) is -3.92. The summed E-state index contributed by atoms with van der Waals surface area (Å²) in [6, 6.07) is 0. The zero-order valence-corrected chi connectivity index (χ0v) is 29.7. The fourth-order valence-corrected chi connectivity index (χ4v) is 9.63. The molecule has 3 fully saturated rings. The van der Waals surface area contributed by atoms with Crippen molar-refractivity contribution in [2.45, 2.75) is 149 Å². The molecule has 6 atom stereocenters. The lowest BCUT2D eigenvalue weighted by Crippen LogP contribution is -2.49. The highest BCUT2D eigenvalue weighted by Crippen LogP contribution is 2.59. The normalized spacial score (nSPS) is 32.9. The van der Waals surface area contributed by atoms with Crippen LogP contribution in [0.1, 0.15) is 100 Å². The molecule has 0 aliphatic heterocycles. The van der Waals surface area contributed by atoms with Crippen molar-refractivity contribution in [2.24, 2.45) is 23.2 Å². The van der Waals surface area contributed by atoms with Gasteiger partial charge in [0.2, 0.25) is 0 Å². The number of allylic oxidation sites excluding steroid dienone is 3. The summed E-state index contributed by atoms with van der Waals surface area (Å²) >= 11 is 0. The average molecular weight is 575 g/mol. The molecule has 0 aromatic heterocycles. The Kier molecular flexibility index (Phi) is 9.88. The Bertz CT molecular complexity index is 906. The molecule has 0 aromatic carbocycles. The molecule has 1 N–H and O–H groups in total. The third kappa shape index (κ3) is 6.96. The van der Waals surface area contributed by atoms with Crippen molar-refractivity contribution < 1.29 is 14.0 Å². The maximum absolute atomic E-state index is 9.92. The van der Waals surface area contributed by atoms with Crippen LogP contribution in [0.3, 0.4) is 0 Å². The molecular formula is C34H62O3Si2. The topological polar surface area (TPSA) is 38.7 Å². The Morgan fingerprint density at radius 2 is 1.46 bits per heavy atom. The van der Waals surface area contributed by atoms with E-state index in [1.54, 1.807) is 5.57 Å². The zero-order chi connectivity index (χ0) is 29.6. The van der Waals surface area contributed by atoms with E-state index < -0.39 is 16.6 Å². The summed E-state index contributed by atoms with van der Waals surface area (Å²) in [5.74, 6) is 1.68. The highest BCUT2D eigenvalue weighted by atomic mass is 28.4. The van der Waals surface area contributed by atoms with Crippen molar-refractivity contribution in [3.05, 3.63) is 35.5 Å². The summed E-state index contributed by atoms with van der Waals surface area (Å²) in [4.78, 5) is 0. The van der Waals surface area contributed by atoms with Crippen molar-refractivity contribution in [3.63, 3.8) is 0 Å². The van der Waals surface area contributed by atoms with Crippen LogP contribution in [-0.4, -0.2) is 40.6 Å². The molecule has 0 spiro atoms. The number of hydrogen-bond donors (Lipinski definition) is 1. The Morgan fingerprint density at radius 1 is 0.949 bits per heavy atom. The van der Waals surface area contributed by atoms with Crippen LogP contribution in [0.4, 0.5) is 0 Å². The van der Waals surface area contributed by atoms with Crippen molar-refractivity contribution in [1.29, 1.82) is 0 Å². The van der Waals surface area contributed by atoms with E-state index in [4.69, 9.17) is 8.85 Å². The quantitative estimate of drug-likeness (QED) is 0.243. The zero-order valence-electron chi connectivity index (χ0n) is 27.7. The van der Waals surface area contributed by atoms with Gasteiger partial charge in [-0.05, 0) is 110 Å². The first-order chi connectivity index (χ1) is 17.7. The van der Waals surface area contributed by atoms with Crippen LogP contribution in [0.15, 0.2) is 35.5 Å². The average Bonchev–Trinajstić information content (AvgIpc) is 3.15. The van der Waals surface area contributed by atoms with Crippen molar-refractivity contribution in [2.75, 3.05) is 6.61 Å². The second-order valence-electron chi connectivity index (χ2n) is 16.5. The molecule has 3 nitrogen and oxygen atoms in total. The molecule has 5 heteroatoms. The van der Waals surface area contributed by atoms with E-state index in [-0.39, 0.29) is 22.3 Å². The highest BCUT2D eigenvalue weighted by molar-refractivity contribution is 6.74. The summed E-state index contributed by atoms with van der Waals surface area (Å²) in [5, 5.41) is 10.2. The lowest BCUT2D eigenvalue weighted by Gasteiger charge is -2.46. The van der Waals surface area contributed by atoms with E-state index >= 15 is 0 Å². The third-order valence-corrected chi connectivity index (χ3v) is 20.7. The number of aliphatic hydroxyl groups is 1. The Hall–Kier alpha value is -0.466. The van der Waals surface area contributed by atoms with Crippen molar-refractivity contribution in [1.82, 2.24) is 0 Å². The molecule has 3 saturated carbocycles. The molecule has 2 unspecified atom stereocenters. The maximum Gasteiger partial charge on any atom is 0.192 e. The Morgan fingerprint density at radius 3 is 1.92 bits per heavy atom. The molecule has 0 saturated heterocycles. The summed E-state index contributed by atoms with van der Waals surface area (Å²) in [6.45, 7) is 33.0. The first-order valence-corrected chi connectivity index (χ1v) is 21.6. The largest absolute Gasteiger partial charge is 0.410 e. The number of rotatable bonds is 7. The molecule has 39 heavy (non-hydrogen) atoms. The summed E-state index contributed by atoms with van der Waals surface area (Å²) in [5.41, 5.74) is 4.56. The number of hydrogen-bond acceptors (Lipinski definition) is 3. The van der Waals surface area contributed by atoms with Gasteiger partial charge in [0, 0.05) is 6.61 Å². The van der Waals surface area contributed by atoms with Gasteiger partial charge in [-0.3, -0.25) is 0 Å². The standard InChI is InChI=1S/C34H62O3Si2/c1-24(23-35)28-18-19-29-27(15-14-20-34(28,29)9)17-16-26-21-30(36-38(10,11)32(3,4)5)25(2)31(22-26)37-39(12,13)33(6,7)8/h16-17,24,28-31,35H,2,14-15,18-23H2,1,3-13H3/b27-17+/t24-,28?,29?,30-,31-,34-/m1/s1. The highest BCUT2D eigenvalue weighted by Gasteiger charge is 2.50. The van der Waals surface area contributed by atoms with Gasteiger partial charge in [0.25, 0.3) is 0 Å². The van der Waals surface area contributed by atoms with Gasteiger partial charge in [-0.2, -0.15) is 0 Å². The van der Waals surface area contributed by atoms with Gasteiger partial charge in [-0.1, -0.05) is 85.3 Å². The molecule has 0 heterocycles. The van der Waals surface area contributed by atoms with Gasteiger partial charge in [0.05, 0.1) is 12.2 Å². The van der Waals surface area contributed by atoms with Crippen LogP contribution in [0.2, 0.25) is 36.3 Å². The lowest BCUT2D eigenvalue weighted by molar-refractivity contribution is 0.0690. The van der Waals surface area contributed by atoms with E-state index in [9.17, 15) is 5.11 Å². The van der Waals surface area contributed by atoms with Gasteiger partial charge in [0.1, 0.15) is 0 Å². The predicted octanol–water partition coefficient (Wildman–Crippen LogP) is 9.81. The molecule has 3 rings (SSSR count). The molecule has 0 bridgehead atoms. The molecule has 3 aliphatic carbocycles. The molecule has 0 aromatic rings. The SMILES string of the molecule is C=C1[C@H](O[Si](C)(C)C(C)(C)C)CC(=C/C=C2\CCC[C@@]3(C)C2CCC3[C@H](C)CO)C[C@H]1O[Si](C)(C)C(C)(C)C. The monoisotopic (exact) mass is 574 g/mol. The van der Waals surface area contributed by atoms with Crippen LogP contribution in [0.25, 0.3) is 0 Å². The van der Waals surface area contributed by atoms with Crippen LogP contribution < -0.4 is 0 Å². The molecule has 224 valence electrons. The minimum absolute atomic E-state index is 0.0250. The first-order valence-electron chi connectivity index (χ1n) is 15.8. The fourth-order valence-electron chi connectivity index (χ4n) is 7.03. The van der Waals surface area contributed by atoms with Crippen molar-refractivity contribution >= 4 is 16.6 Å². The number of aliphatic hydroxyl groups excluding tert-OH is 1. The van der Waals surface area contributed by atoms with E-state index in [0.29, 0.717) is 29.8 Å². The van der Waals surface area contributed by atoms with Crippen LogP contribution in [0.5, 0.6) is 0 Å². The second kappa shape index (κ2) is 11.7. The lowest BCUT2D eigenvalue weighted by atomic mass is 9.61.